The predicted molar refractivity (Wildman–Crippen MR) is 45.5 cm³/mol. The van der Waals surface area contributed by atoms with Gasteiger partial charge in [-0.15, -0.1) is 5.92 Å². The van der Waals surface area contributed by atoms with E-state index in [1.807, 2.05) is 0 Å². The maximum atomic E-state index is 9.87. The second-order valence-electron chi connectivity index (χ2n) is 1.71. The highest BCUT2D eigenvalue weighted by Crippen LogP contribution is 1.91. The van der Waals surface area contributed by atoms with E-state index in [1.165, 1.54) is 0 Å². The number of carboxylic acid groups (broad SMARTS) is 1. The minimum Gasteiger partial charge on any atom is -0.550 e. The van der Waals surface area contributed by atoms with Crippen molar-refractivity contribution in [1.29, 1.82) is 0 Å². The Labute approximate surface area is 74.1 Å². The minimum atomic E-state index is -0.990. The Hall–Kier alpha value is -0.240. The molecule has 0 N–H and O–H groups in total. The van der Waals surface area contributed by atoms with Crippen molar-refractivity contribution in [2.75, 3.05) is 4.43 Å². The van der Waals surface area contributed by atoms with E-state index < -0.39 is 5.97 Å². The van der Waals surface area contributed by atoms with Gasteiger partial charge in [0.1, 0.15) is 0 Å². The molecule has 0 aromatic carbocycles. The van der Waals surface area contributed by atoms with Gasteiger partial charge < -0.3 is 9.90 Å². The van der Waals surface area contributed by atoms with Gasteiger partial charge in [-0.1, -0.05) is 28.5 Å². The van der Waals surface area contributed by atoms with E-state index >= 15 is 0 Å². The lowest BCUT2D eigenvalue weighted by atomic mass is 10.2. The topological polar surface area (TPSA) is 40.1 Å². The van der Waals surface area contributed by atoms with E-state index in [0.29, 0.717) is 12.8 Å². The van der Waals surface area contributed by atoms with Gasteiger partial charge in [-0.25, -0.2) is 0 Å². The van der Waals surface area contributed by atoms with E-state index in [0.717, 1.165) is 4.43 Å². The summed E-state index contributed by atoms with van der Waals surface area (Å²) >= 11 is 2.15. The first-order chi connectivity index (χ1) is 4.77. The van der Waals surface area contributed by atoms with Crippen molar-refractivity contribution in [2.45, 2.75) is 19.3 Å². The molecular formula is C7H8IO2-. The first-order valence-electron chi connectivity index (χ1n) is 2.99. The van der Waals surface area contributed by atoms with Crippen molar-refractivity contribution in [3.05, 3.63) is 0 Å². The lowest BCUT2D eigenvalue weighted by Gasteiger charge is -1.95. The van der Waals surface area contributed by atoms with Gasteiger partial charge in [0.15, 0.2) is 0 Å². The number of halogens is 1. The van der Waals surface area contributed by atoms with Gasteiger partial charge in [0.2, 0.25) is 0 Å². The van der Waals surface area contributed by atoms with E-state index in [-0.39, 0.29) is 6.42 Å². The molecule has 0 aliphatic heterocycles. The first-order valence-corrected chi connectivity index (χ1v) is 4.51. The van der Waals surface area contributed by atoms with Gasteiger partial charge in [0.25, 0.3) is 0 Å². The van der Waals surface area contributed by atoms with Crippen molar-refractivity contribution in [2.24, 2.45) is 0 Å². The quantitative estimate of drug-likeness (QED) is 0.314. The third-order valence-electron chi connectivity index (χ3n) is 0.874. The average molecular weight is 251 g/mol. The molecule has 0 aromatic heterocycles. The Morgan fingerprint density at radius 1 is 1.50 bits per heavy atom. The molecule has 0 radical (unpaired) electrons. The maximum absolute atomic E-state index is 9.87. The summed E-state index contributed by atoms with van der Waals surface area (Å²) in [6.45, 7) is 0. The van der Waals surface area contributed by atoms with Crippen LogP contribution in [-0.2, 0) is 4.79 Å². The molecule has 56 valence electrons. The van der Waals surface area contributed by atoms with Gasteiger partial charge in [-0.3, -0.25) is 0 Å². The van der Waals surface area contributed by atoms with Crippen LogP contribution in [0.3, 0.4) is 0 Å². The Morgan fingerprint density at radius 3 is 2.70 bits per heavy atom. The second-order valence-corrected chi connectivity index (χ2v) is 2.48. The number of carbonyl (C=O) groups is 1. The van der Waals surface area contributed by atoms with Crippen molar-refractivity contribution >= 4 is 28.6 Å². The molecule has 0 aliphatic rings. The van der Waals surface area contributed by atoms with Crippen LogP contribution in [0.5, 0.6) is 0 Å². The number of alkyl halides is 1. The summed E-state index contributed by atoms with van der Waals surface area (Å²) in [7, 11) is 0. The van der Waals surface area contributed by atoms with Crippen LogP contribution < -0.4 is 5.11 Å². The predicted octanol–water partition coefficient (Wildman–Crippen LogP) is 0.345. The molecule has 3 heteroatoms. The lowest BCUT2D eigenvalue weighted by Crippen LogP contribution is -2.21. The molecule has 0 bridgehead atoms. The number of hydrogen-bond acceptors (Lipinski definition) is 2. The van der Waals surface area contributed by atoms with Crippen molar-refractivity contribution in [3.8, 4) is 11.8 Å². The molecule has 0 fully saturated rings. The fourth-order valence-electron chi connectivity index (χ4n) is 0.457. The first kappa shape index (κ1) is 9.76. The standard InChI is InChI=1S/C7H9IO2/c8-6-4-2-1-3-5-7(9)10/h1,3,5-6H2,(H,9,10)/p-1. The summed E-state index contributed by atoms with van der Waals surface area (Å²) in [5.74, 6) is 4.70. The highest BCUT2D eigenvalue weighted by atomic mass is 127. The summed E-state index contributed by atoms with van der Waals surface area (Å²) in [5, 5.41) is 9.87. The fraction of sp³-hybridized carbons (Fsp3) is 0.571. The van der Waals surface area contributed by atoms with Crippen LogP contribution in [0.15, 0.2) is 0 Å². The van der Waals surface area contributed by atoms with Gasteiger partial charge in [-0.2, -0.15) is 0 Å². The van der Waals surface area contributed by atoms with Crippen molar-refractivity contribution in [1.82, 2.24) is 0 Å². The number of unbranched alkanes of at least 4 members (excludes halogenated alkanes) is 1. The molecular weight excluding hydrogens is 243 g/mol. The summed E-state index contributed by atoms with van der Waals surface area (Å²) in [6.07, 6.45) is 1.39. The smallest absolute Gasteiger partial charge is 0.0609 e. The monoisotopic (exact) mass is 251 g/mol. The molecule has 2 nitrogen and oxygen atoms in total. The van der Waals surface area contributed by atoms with E-state index in [1.54, 1.807) is 0 Å². The van der Waals surface area contributed by atoms with Gasteiger partial charge in [-0.05, 0) is 12.8 Å². The average Bonchev–Trinajstić information content (AvgIpc) is 1.87. The number of rotatable bonds is 3. The molecule has 10 heavy (non-hydrogen) atoms. The van der Waals surface area contributed by atoms with Crippen LogP contribution in [0.1, 0.15) is 19.3 Å². The molecule has 0 spiro atoms. The normalized spacial score (nSPS) is 8.10. The molecule has 0 atom stereocenters. The van der Waals surface area contributed by atoms with Crippen molar-refractivity contribution < 1.29 is 9.90 Å². The van der Waals surface area contributed by atoms with Gasteiger partial charge in [0.05, 0.1) is 4.43 Å². The highest BCUT2D eigenvalue weighted by molar-refractivity contribution is 14.1. The van der Waals surface area contributed by atoms with Crippen LogP contribution in [0.2, 0.25) is 0 Å². The lowest BCUT2D eigenvalue weighted by molar-refractivity contribution is -0.305. The Morgan fingerprint density at radius 2 is 2.20 bits per heavy atom. The molecule has 0 rings (SSSR count). The Bertz CT molecular complexity index is 155. The van der Waals surface area contributed by atoms with Crippen LogP contribution in [0, 0.1) is 11.8 Å². The Balaban J connectivity index is 3.13. The van der Waals surface area contributed by atoms with Crippen LogP contribution in [-0.4, -0.2) is 10.4 Å². The number of carbonyl (C=O) groups excluding carboxylic acids is 1. The zero-order valence-electron chi connectivity index (χ0n) is 5.52. The van der Waals surface area contributed by atoms with Gasteiger partial charge >= 0.3 is 0 Å². The van der Waals surface area contributed by atoms with E-state index in [4.69, 9.17) is 0 Å². The van der Waals surface area contributed by atoms with Gasteiger partial charge in [0, 0.05) is 12.4 Å². The van der Waals surface area contributed by atoms with E-state index in [2.05, 4.69) is 34.4 Å². The zero-order valence-corrected chi connectivity index (χ0v) is 7.68. The second kappa shape index (κ2) is 6.87. The van der Waals surface area contributed by atoms with Crippen LogP contribution in [0.4, 0.5) is 0 Å². The summed E-state index contributed by atoms with van der Waals surface area (Å²) in [5.41, 5.74) is 0. The van der Waals surface area contributed by atoms with Crippen LogP contribution in [0.25, 0.3) is 0 Å². The molecule has 0 aliphatic carbocycles. The molecule has 0 saturated heterocycles. The number of hydrogen-bond donors (Lipinski definition) is 0. The molecule has 0 unspecified atom stereocenters. The Kier molecular flexibility index (Phi) is 6.71. The third kappa shape index (κ3) is 7.76. The minimum absolute atomic E-state index is 0.121. The molecule has 0 heterocycles. The largest absolute Gasteiger partial charge is 0.550 e. The zero-order chi connectivity index (χ0) is 7.82. The fourth-order valence-corrected chi connectivity index (χ4v) is 0.726. The van der Waals surface area contributed by atoms with E-state index in [9.17, 15) is 9.90 Å². The third-order valence-corrected chi connectivity index (χ3v) is 1.26. The molecule has 0 saturated carbocycles. The summed E-state index contributed by atoms with van der Waals surface area (Å²) < 4.78 is 0.809. The summed E-state index contributed by atoms with van der Waals surface area (Å²) in [4.78, 5) is 9.87. The number of carboxylic acids is 1. The molecule has 0 amide bonds. The van der Waals surface area contributed by atoms with Crippen LogP contribution >= 0.6 is 22.6 Å². The molecule has 0 aromatic rings. The highest BCUT2D eigenvalue weighted by Gasteiger charge is 1.83. The number of aliphatic carboxylic acids is 1. The summed E-state index contributed by atoms with van der Waals surface area (Å²) in [6, 6.07) is 0. The SMILES string of the molecule is O=C([O-])CCCC#CCI. The maximum Gasteiger partial charge on any atom is 0.0609 e. The van der Waals surface area contributed by atoms with Crippen molar-refractivity contribution in [3.63, 3.8) is 0 Å².